The second-order valence-electron chi connectivity index (χ2n) is 16.6. The van der Waals surface area contributed by atoms with Crippen molar-refractivity contribution in [2.24, 2.45) is 0 Å². The summed E-state index contributed by atoms with van der Waals surface area (Å²) in [5.41, 5.74) is 5.86. The molecule has 0 spiro atoms. The Morgan fingerprint density at radius 2 is 0.903 bits per heavy atom. The zero-order valence-electron chi connectivity index (χ0n) is 68.4. The van der Waals surface area contributed by atoms with Crippen molar-refractivity contribution in [1.29, 1.82) is 0 Å². The average Bonchev–Trinajstić information content (AvgIpc) is 1.77. The van der Waals surface area contributed by atoms with Crippen LogP contribution in [0, 0.1) is 0 Å². The number of nitrogens with zero attached hydrogens (tertiary/aromatic N) is 5. The molecule has 0 bridgehead atoms. The zero-order chi connectivity index (χ0) is 78.3. The van der Waals surface area contributed by atoms with E-state index in [1.807, 2.05) is 251 Å². The van der Waals surface area contributed by atoms with E-state index in [-0.39, 0.29) is 14.9 Å². The quantitative estimate of drug-likeness (QED) is 0.0975. The Kier molecular flexibility index (Phi) is 151. The molecule has 9 heterocycles. The van der Waals surface area contributed by atoms with E-state index in [4.69, 9.17) is 9.47 Å². The number of aromatic amines is 2. The number of pyridine rings is 1. The smallest absolute Gasteiger partial charge is 0.502 e. The third-order valence-electron chi connectivity index (χ3n) is 10.6. The predicted octanol–water partition coefficient (Wildman–Crippen LogP) is 26.9. The maximum Gasteiger partial charge on any atom is 0.585 e. The van der Waals surface area contributed by atoms with Crippen LogP contribution in [-0.2, 0) is 38.2 Å². The summed E-state index contributed by atoms with van der Waals surface area (Å²) in [6, 6.07) is 28.4. The highest BCUT2D eigenvalue weighted by atomic mass is 32.2. The molecule has 17 heteroatoms. The maximum absolute atomic E-state index is 11.4. The highest BCUT2D eigenvalue weighted by Gasteiger charge is 2.35. The number of rotatable bonds is 0. The molecule has 14 rings (SSSR count). The Morgan fingerprint density at radius 3 is 1.16 bits per heavy atom. The summed E-state index contributed by atoms with van der Waals surface area (Å²) in [6.07, 6.45) is 50.0. The Hall–Kier alpha value is -7.66. The second-order valence-corrected chi connectivity index (χ2v) is 17.6. The summed E-state index contributed by atoms with van der Waals surface area (Å²) < 4.78 is 39.8. The van der Waals surface area contributed by atoms with Gasteiger partial charge in [0.15, 0.2) is 0 Å². The summed E-state index contributed by atoms with van der Waals surface area (Å²) in [7, 11) is 0. The van der Waals surface area contributed by atoms with Crippen molar-refractivity contribution in [3.63, 3.8) is 0 Å². The van der Waals surface area contributed by atoms with Crippen molar-refractivity contribution < 1.29 is 27.7 Å². The number of nitrogens with one attached hydrogen (secondary N) is 5. The Balaban J connectivity index is -0.0000000855. The molecule has 1 saturated carbocycles. The fourth-order valence-corrected chi connectivity index (χ4v) is 7.34. The number of allylic oxidation sites excluding steroid dienone is 2. The first-order valence-electron chi connectivity index (χ1n) is 38.4. The highest BCUT2D eigenvalue weighted by Crippen LogP contribution is 2.22. The Morgan fingerprint density at radius 1 is 0.417 bits per heavy atom. The molecule has 3 aliphatic carbocycles. The minimum absolute atomic E-state index is 0. The molecule has 4 aromatic heterocycles. The lowest BCUT2D eigenvalue weighted by molar-refractivity contribution is -0.329. The van der Waals surface area contributed by atoms with Gasteiger partial charge in [-0.3, -0.25) is 20.1 Å². The van der Waals surface area contributed by atoms with Crippen molar-refractivity contribution >= 4 is 17.8 Å². The molecule has 2 aromatic carbocycles. The fraction of sp³-hybridized carbons (Fsp3) is 0.547. The van der Waals surface area contributed by atoms with Crippen molar-refractivity contribution in [2.45, 2.75) is 277 Å². The van der Waals surface area contributed by atoms with E-state index >= 15 is 0 Å². The van der Waals surface area contributed by atoms with E-state index < -0.39 is 6.29 Å². The maximum atomic E-state index is 11.4. The van der Waals surface area contributed by atoms with Crippen LogP contribution in [-0.4, -0.2) is 80.0 Å². The third kappa shape index (κ3) is 105. The molecule has 5 N–H and O–H groups in total. The lowest BCUT2D eigenvalue weighted by Gasteiger charge is -2.08. The molecule has 103 heavy (non-hydrogen) atoms. The number of aryl methyl sites for hydroxylation is 2. The number of hydrogen-bond acceptors (Lipinski definition) is 13. The van der Waals surface area contributed by atoms with Gasteiger partial charge in [0.05, 0.1) is 19.1 Å². The predicted molar refractivity (Wildman–Crippen MR) is 458 cm³/mol. The van der Waals surface area contributed by atoms with E-state index in [1.54, 1.807) is 61.5 Å². The first-order chi connectivity index (χ1) is 50.1. The van der Waals surface area contributed by atoms with Crippen molar-refractivity contribution in [3.05, 3.63) is 231 Å². The van der Waals surface area contributed by atoms with Crippen molar-refractivity contribution in [1.82, 2.24) is 51.1 Å². The SMILES string of the molecule is C.C.C1=CNCC1.C1=COCCC1.C1=COCCN1.C1=CSCCN1.C1=Cc2ccccc2C1.C1CCCCC1.CC.CC.CC.CC.CC.CC.CC.CC.CC.CC.CC.CC.FC1(F)OC=CO1.c1cc2c([nH]1)CCCC2.c1ccccc1.c1ccncc1.c1cnccn1.c1nc[nH]n1. The van der Waals surface area contributed by atoms with Crippen LogP contribution >= 0.6 is 11.8 Å². The lowest BCUT2D eigenvalue weighted by atomic mass is 9.98. The van der Waals surface area contributed by atoms with Gasteiger partial charge in [-0.2, -0.15) is 5.10 Å². The molecule has 0 amide bonds. The van der Waals surface area contributed by atoms with Crippen molar-refractivity contribution in [3.8, 4) is 0 Å². The van der Waals surface area contributed by atoms with E-state index in [2.05, 4.69) is 121 Å². The summed E-state index contributed by atoms with van der Waals surface area (Å²) >= 11 is 1.85. The van der Waals surface area contributed by atoms with Gasteiger partial charge in [0.1, 0.15) is 31.8 Å². The van der Waals surface area contributed by atoms with Crippen LogP contribution in [0.1, 0.15) is 274 Å². The zero-order valence-corrected chi connectivity index (χ0v) is 69.2. The van der Waals surface area contributed by atoms with E-state index in [0.717, 1.165) is 51.8 Å². The number of benzene rings is 2. The summed E-state index contributed by atoms with van der Waals surface area (Å²) in [4.78, 5) is 18.0. The minimum atomic E-state index is -3.42. The monoisotopic (exact) mass is 1470 g/mol. The van der Waals surface area contributed by atoms with Gasteiger partial charge in [-0.1, -0.05) is 305 Å². The van der Waals surface area contributed by atoms with Crippen LogP contribution in [0.4, 0.5) is 8.78 Å². The van der Waals surface area contributed by atoms with Crippen LogP contribution in [0.5, 0.6) is 0 Å². The van der Waals surface area contributed by atoms with Gasteiger partial charge in [-0.25, -0.2) is 4.98 Å². The first kappa shape index (κ1) is 122. The standard InChI is InChI=1S/C9H8.C8H11N.C6H12.C6H6.C5H5N.C5H8O.C4H4N2.C4H7NO.C4H7NS.C4H7N.C3H2F2O2.C2H3N3.12C2H6.2CH4/c1-2-5-9-7-3-6-8(9)4-1;1-2-4-8-7(3-1)5-6-9-8;4*1-2-4-6-5-3-1;1-2-6-4-3-5-1;2*1-3-6-4-2-5-1;1-2-4-5-3-1;4-3(5)6-1-2-7-3;1-3-2-5-4-1;12*1-2;;/h1-6H,7H2;5-6,9H,1-4H2;1-6H2;1-6H;1-5H;2,4H,1,3,5H2;1-4H;2*1,3,5H,2,4H2;1,3,5H,2,4H2;1-2H;1-2H,(H,3,4,5);12*1-2H3;2*1H4. The normalized spacial score (nSPS) is 12.6. The van der Waals surface area contributed by atoms with Crippen LogP contribution in [0.15, 0.2) is 208 Å². The molecule has 598 valence electrons. The molecule has 0 saturated heterocycles. The van der Waals surface area contributed by atoms with Gasteiger partial charge in [0, 0.05) is 86.9 Å². The average molecular weight is 1470 g/mol. The van der Waals surface area contributed by atoms with Crippen LogP contribution < -0.4 is 16.0 Å². The number of hydrogen-bond donors (Lipinski definition) is 5. The van der Waals surface area contributed by atoms with Crippen molar-refractivity contribution in [2.75, 3.05) is 38.6 Å². The van der Waals surface area contributed by atoms with Crippen LogP contribution in [0.2, 0.25) is 0 Å². The third-order valence-corrected chi connectivity index (χ3v) is 11.3. The molecule has 0 unspecified atom stereocenters. The van der Waals surface area contributed by atoms with Gasteiger partial charge >= 0.3 is 6.29 Å². The number of H-pyrrole nitrogens is 2. The van der Waals surface area contributed by atoms with E-state index in [9.17, 15) is 8.78 Å². The Bertz CT molecular complexity index is 2080. The number of thioether (sulfide) groups is 1. The van der Waals surface area contributed by atoms with E-state index in [0.29, 0.717) is 0 Å². The number of halogens is 2. The molecule has 5 aliphatic heterocycles. The molecule has 1 fully saturated rings. The van der Waals surface area contributed by atoms with Gasteiger partial charge in [0.25, 0.3) is 0 Å². The van der Waals surface area contributed by atoms with Gasteiger partial charge in [-0.05, 0) is 104 Å². The number of ether oxygens (including phenoxy) is 4. The first-order valence-corrected chi connectivity index (χ1v) is 39.5. The molecule has 0 radical (unpaired) electrons. The van der Waals surface area contributed by atoms with Crippen LogP contribution in [0.25, 0.3) is 6.08 Å². The summed E-state index contributed by atoms with van der Waals surface area (Å²) in [5.74, 6) is 1.22. The molecule has 0 atom stereocenters. The van der Waals surface area contributed by atoms with E-state index in [1.165, 1.54) is 119 Å². The molecule has 8 aliphatic rings. The molecular weight excluding hydrogens is 1310 g/mol. The molecule has 14 nitrogen and oxygen atoms in total. The lowest BCUT2D eigenvalue weighted by Crippen LogP contribution is -2.16. The number of aromatic nitrogens is 7. The molecular formula is C86H160F2N10O4S. The topological polar surface area (TPSA) is 169 Å². The summed E-state index contributed by atoms with van der Waals surface area (Å²) in [6.45, 7) is 52.9. The largest absolute Gasteiger partial charge is 0.585 e. The number of alkyl halides is 2. The minimum Gasteiger partial charge on any atom is -0.502 e. The van der Waals surface area contributed by atoms with Crippen LogP contribution in [0.3, 0.4) is 0 Å². The summed E-state index contributed by atoms with van der Waals surface area (Å²) in [5, 5.41) is 17.2. The fourth-order valence-electron chi connectivity index (χ4n) is 6.77. The number of fused-ring (bicyclic) bond motifs is 2. The van der Waals surface area contributed by atoms with Gasteiger partial charge < -0.3 is 39.9 Å². The molecule has 6 aromatic rings. The highest BCUT2D eigenvalue weighted by molar-refractivity contribution is 8.02. The van der Waals surface area contributed by atoms with Gasteiger partial charge in [0.2, 0.25) is 0 Å². The van der Waals surface area contributed by atoms with Gasteiger partial charge in [-0.15, -0.1) is 20.5 Å². The second kappa shape index (κ2) is 127. The Labute approximate surface area is 639 Å².